The average molecular weight is 333 g/mol. The molecule has 1 aliphatic heterocycles. The van der Waals surface area contributed by atoms with Gasteiger partial charge in [0.15, 0.2) is 0 Å². The zero-order chi connectivity index (χ0) is 16.4. The van der Waals surface area contributed by atoms with Crippen LogP contribution >= 0.6 is 12.0 Å². The molecule has 1 aromatic carbocycles. The van der Waals surface area contributed by atoms with Crippen molar-refractivity contribution in [2.45, 2.75) is 24.3 Å². The molecule has 122 valence electrons. The van der Waals surface area contributed by atoms with Crippen molar-refractivity contribution in [3.63, 3.8) is 0 Å². The van der Waals surface area contributed by atoms with Gasteiger partial charge in [-0.15, -0.1) is 0 Å². The van der Waals surface area contributed by atoms with Crippen molar-refractivity contribution in [3.05, 3.63) is 46.4 Å². The number of rotatable bonds is 4. The average Bonchev–Trinajstić information content (AvgIpc) is 3.05. The number of aryl methyl sites for hydroxylation is 2. The normalized spacial score (nSPS) is 17.4. The van der Waals surface area contributed by atoms with Crippen LogP contribution in [0, 0.1) is 6.92 Å². The van der Waals surface area contributed by atoms with E-state index in [-0.39, 0.29) is 11.7 Å². The van der Waals surface area contributed by atoms with Crippen LogP contribution in [-0.4, -0.2) is 28.4 Å². The molecule has 1 N–H and O–H groups in total. The van der Waals surface area contributed by atoms with Crippen LogP contribution in [0.5, 0.6) is 5.75 Å². The summed E-state index contributed by atoms with van der Waals surface area (Å²) in [7, 11) is 1.73. The summed E-state index contributed by atoms with van der Waals surface area (Å²) in [6.07, 6.45) is 2.69. The molecule has 3 rings (SSSR count). The number of pyridine rings is 1. The lowest BCUT2D eigenvalue weighted by Crippen LogP contribution is -2.19. The molecule has 0 spiro atoms. The van der Waals surface area contributed by atoms with Crippen LogP contribution in [0.25, 0.3) is 11.1 Å². The van der Waals surface area contributed by atoms with Crippen LogP contribution in [-0.2, 0) is 11.8 Å². The van der Waals surface area contributed by atoms with Gasteiger partial charge in [0.25, 0.3) is 5.56 Å². The van der Waals surface area contributed by atoms with Crippen LogP contribution in [0.2, 0.25) is 0 Å². The lowest BCUT2D eigenvalue weighted by molar-refractivity contribution is 0.141. The molecule has 6 heteroatoms. The molecule has 0 bridgehead atoms. The van der Waals surface area contributed by atoms with Crippen LogP contribution in [0.15, 0.2) is 40.2 Å². The largest absolute Gasteiger partial charge is 0.487 e. The fourth-order valence-electron chi connectivity index (χ4n) is 2.70. The summed E-state index contributed by atoms with van der Waals surface area (Å²) in [5, 5.41) is 0. The predicted octanol–water partition coefficient (Wildman–Crippen LogP) is 3.09. The minimum absolute atomic E-state index is 0.0203. The van der Waals surface area contributed by atoms with E-state index in [1.165, 1.54) is 0 Å². The molecule has 23 heavy (non-hydrogen) atoms. The Morgan fingerprint density at radius 2 is 2.22 bits per heavy atom. The van der Waals surface area contributed by atoms with Crippen molar-refractivity contribution in [2.75, 3.05) is 13.2 Å². The SMILES string of the molecule is Cc1cc(-c2cc(SO)ccc2OC2CCOC2)cn(C)c1=O. The van der Waals surface area contributed by atoms with Crippen molar-refractivity contribution in [1.29, 1.82) is 0 Å². The van der Waals surface area contributed by atoms with Crippen molar-refractivity contribution >= 4 is 12.0 Å². The van der Waals surface area contributed by atoms with Gasteiger partial charge in [0.1, 0.15) is 11.9 Å². The van der Waals surface area contributed by atoms with E-state index in [0.717, 1.165) is 28.2 Å². The molecule has 1 atom stereocenters. The molecule has 2 aromatic rings. The number of aromatic nitrogens is 1. The highest BCUT2D eigenvalue weighted by Crippen LogP contribution is 2.34. The quantitative estimate of drug-likeness (QED) is 0.871. The first kappa shape index (κ1) is 16.1. The molecule has 0 radical (unpaired) electrons. The molecule has 1 aliphatic rings. The number of benzene rings is 1. The van der Waals surface area contributed by atoms with Gasteiger partial charge in [0.05, 0.1) is 13.2 Å². The van der Waals surface area contributed by atoms with Crippen molar-refractivity contribution in [1.82, 2.24) is 4.57 Å². The zero-order valence-electron chi connectivity index (χ0n) is 13.1. The molecule has 1 aromatic heterocycles. The summed E-state index contributed by atoms with van der Waals surface area (Å²) in [4.78, 5) is 12.6. The molecule has 0 amide bonds. The molecule has 1 saturated heterocycles. The predicted molar refractivity (Wildman–Crippen MR) is 90.2 cm³/mol. The fourth-order valence-corrected chi connectivity index (χ4v) is 3.00. The molecular weight excluding hydrogens is 314 g/mol. The van der Waals surface area contributed by atoms with E-state index in [0.29, 0.717) is 30.8 Å². The van der Waals surface area contributed by atoms with E-state index in [4.69, 9.17) is 9.47 Å². The van der Waals surface area contributed by atoms with E-state index in [9.17, 15) is 9.35 Å². The minimum atomic E-state index is -0.0203. The molecular formula is C17H19NO4S. The van der Waals surface area contributed by atoms with Crippen molar-refractivity contribution < 1.29 is 14.0 Å². The summed E-state index contributed by atoms with van der Waals surface area (Å²) < 4.78 is 22.3. The van der Waals surface area contributed by atoms with E-state index in [1.54, 1.807) is 24.7 Å². The number of hydrogen-bond acceptors (Lipinski definition) is 5. The molecule has 2 heterocycles. The fraction of sp³-hybridized carbons (Fsp3) is 0.353. The maximum Gasteiger partial charge on any atom is 0.253 e. The first-order valence-corrected chi connectivity index (χ1v) is 8.23. The van der Waals surface area contributed by atoms with E-state index in [1.807, 2.05) is 24.3 Å². The van der Waals surface area contributed by atoms with Gasteiger partial charge in [-0.25, -0.2) is 0 Å². The van der Waals surface area contributed by atoms with E-state index >= 15 is 0 Å². The number of nitrogens with zero attached hydrogens (tertiary/aromatic N) is 1. The lowest BCUT2D eigenvalue weighted by Gasteiger charge is -2.17. The first-order valence-electron chi connectivity index (χ1n) is 7.46. The van der Waals surface area contributed by atoms with Crippen LogP contribution in [0.3, 0.4) is 0 Å². The maximum absolute atomic E-state index is 11.9. The second-order valence-electron chi connectivity index (χ2n) is 5.68. The highest BCUT2D eigenvalue weighted by atomic mass is 32.2. The Morgan fingerprint density at radius 1 is 1.39 bits per heavy atom. The van der Waals surface area contributed by atoms with Gasteiger partial charge in [-0.1, -0.05) is 0 Å². The zero-order valence-corrected chi connectivity index (χ0v) is 13.9. The van der Waals surface area contributed by atoms with Gasteiger partial charge in [-0.2, -0.15) is 0 Å². The van der Waals surface area contributed by atoms with Gasteiger partial charge in [0, 0.05) is 53.3 Å². The van der Waals surface area contributed by atoms with Crippen LogP contribution < -0.4 is 10.3 Å². The third-order valence-corrected chi connectivity index (χ3v) is 4.38. The monoisotopic (exact) mass is 333 g/mol. The smallest absolute Gasteiger partial charge is 0.253 e. The van der Waals surface area contributed by atoms with Crippen LogP contribution in [0.1, 0.15) is 12.0 Å². The Morgan fingerprint density at radius 3 is 2.87 bits per heavy atom. The molecule has 5 nitrogen and oxygen atoms in total. The molecule has 1 unspecified atom stereocenters. The van der Waals surface area contributed by atoms with Crippen LogP contribution in [0.4, 0.5) is 0 Å². The van der Waals surface area contributed by atoms with Gasteiger partial charge < -0.3 is 18.6 Å². The summed E-state index contributed by atoms with van der Waals surface area (Å²) in [5.74, 6) is 0.733. The Hall–Kier alpha value is -1.76. The van der Waals surface area contributed by atoms with Gasteiger partial charge in [0.2, 0.25) is 0 Å². The number of ether oxygens (including phenoxy) is 2. The van der Waals surface area contributed by atoms with Crippen molar-refractivity contribution in [2.24, 2.45) is 7.05 Å². The summed E-state index contributed by atoms with van der Waals surface area (Å²) in [5.41, 5.74) is 2.39. The van der Waals surface area contributed by atoms with Gasteiger partial charge >= 0.3 is 0 Å². The van der Waals surface area contributed by atoms with Gasteiger partial charge in [-0.05, 0) is 31.2 Å². The Balaban J connectivity index is 2.06. The summed E-state index contributed by atoms with van der Waals surface area (Å²) >= 11 is 0.692. The van der Waals surface area contributed by atoms with E-state index < -0.39 is 0 Å². The second-order valence-corrected chi connectivity index (χ2v) is 6.33. The Labute approximate surface area is 139 Å². The first-order chi connectivity index (χ1) is 11.1. The minimum Gasteiger partial charge on any atom is -0.487 e. The second kappa shape index (κ2) is 6.78. The standard InChI is InChI=1S/C17H19NO4S/c1-11-7-12(9-18(2)17(11)19)15-8-14(23-20)3-4-16(15)22-13-5-6-21-10-13/h3-4,7-9,13,20H,5-6,10H2,1-2H3. The highest BCUT2D eigenvalue weighted by molar-refractivity contribution is 7.93. The van der Waals surface area contributed by atoms with Crippen molar-refractivity contribution in [3.8, 4) is 16.9 Å². The Bertz CT molecular complexity index is 739. The molecule has 1 fully saturated rings. The number of hydrogen-bond donors (Lipinski definition) is 1. The van der Waals surface area contributed by atoms with Gasteiger partial charge in [-0.3, -0.25) is 4.79 Å². The molecule has 0 aliphatic carbocycles. The summed E-state index contributed by atoms with van der Waals surface area (Å²) in [6, 6.07) is 7.39. The van der Waals surface area contributed by atoms with E-state index in [2.05, 4.69) is 0 Å². The Kier molecular flexibility index (Phi) is 4.75. The summed E-state index contributed by atoms with van der Waals surface area (Å²) in [6.45, 7) is 3.09. The highest BCUT2D eigenvalue weighted by Gasteiger charge is 2.19. The maximum atomic E-state index is 11.9. The third kappa shape index (κ3) is 3.44. The third-order valence-electron chi connectivity index (χ3n) is 3.91. The topological polar surface area (TPSA) is 60.7 Å². The molecule has 0 saturated carbocycles. The lowest BCUT2D eigenvalue weighted by atomic mass is 10.0.